The van der Waals surface area contributed by atoms with Gasteiger partial charge in [0, 0.05) is 23.7 Å². The summed E-state index contributed by atoms with van der Waals surface area (Å²) in [6.07, 6.45) is 0. The second kappa shape index (κ2) is 8.55. The van der Waals surface area contributed by atoms with Crippen molar-refractivity contribution in [3.05, 3.63) is 93.3 Å². The first-order valence-corrected chi connectivity index (χ1v) is 9.39. The highest BCUT2D eigenvalue weighted by molar-refractivity contribution is 6.31. The Kier molecular flexibility index (Phi) is 6.12. The summed E-state index contributed by atoms with van der Waals surface area (Å²) in [5.41, 5.74) is 11.6. The number of nitrogens with two attached hydrogens (primary N) is 1. The summed E-state index contributed by atoms with van der Waals surface area (Å²) in [6, 6.07) is 15.8. The monoisotopic (exact) mass is 396 g/mol. The van der Waals surface area contributed by atoms with Crippen molar-refractivity contribution in [3.8, 4) is 11.1 Å². The Hall–Kier alpha value is -2.69. The largest absolute Gasteiger partial charge is 0.348 e. The van der Waals surface area contributed by atoms with E-state index in [-0.39, 0.29) is 11.7 Å². The van der Waals surface area contributed by atoms with E-state index in [4.69, 9.17) is 17.3 Å². The summed E-state index contributed by atoms with van der Waals surface area (Å²) >= 11 is 6.05. The Bertz CT molecular complexity index is 1030. The van der Waals surface area contributed by atoms with Crippen LogP contribution in [0.2, 0.25) is 5.02 Å². The second-order valence-corrected chi connectivity index (χ2v) is 7.26. The number of nitrogens with one attached hydrogen (secondary N) is 1. The topological polar surface area (TPSA) is 55.1 Å². The summed E-state index contributed by atoms with van der Waals surface area (Å²) in [6.45, 7) is 4.48. The maximum absolute atomic E-state index is 13.4. The number of rotatable bonds is 5. The predicted octanol–water partition coefficient (Wildman–Crippen LogP) is 5.15. The van der Waals surface area contributed by atoms with Gasteiger partial charge in [0.05, 0.1) is 0 Å². The van der Waals surface area contributed by atoms with Crippen LogP contribution in [0.1, 0.15) is 32.6 Å². The number of carbonyl (C=O) groups excluding carboxylic acids is 1. The fraction of sp³-hybridized carbons (Fsp3) is 0.174. The summed E-state index contributed by atoms with van der Waals surface area (Å²) < 4.78 is 13.4. The molecule has 0 aliphatic carbocycles. The Morgan fingerprint density at radius 1 is 1.00 bits per heavy atom. The first-order valence-electron chi connectivity index (χ1n) is 9.01. The van der Waals surface area contributed by atoms with Crippen LogP contribution in [-0.2, 0) is 13.1 Å². The fourth-order valence-corrected chi connectivity index (χ4v) is 3.27. The van der Waals surface area contributed by atoms with Gasteiger partial charge in [-0.3, -0.25) is 4.79 Å². The van der Waals surface area contributed by atoms with E-state index in [0.717, 1.165) is 33.4 Å². The highest BCUT2D eigenvalue weighted by atomic mass is 35.5. The van der Waals surface area contributed by atoms with Crippen LogP contribution < -0.4 is 11.1 Å². The van der Waals surface area contributed by atoms with Crippen LogP contribution in [0.3, 0.4) is 0 Å². The molecule has 144 valence electrons. The molecule has 0 aromatic heterocycles. The molecule has 5 heteroatoms. The zero-order chi connectivity index (χ0) is 20.3. The number of aryl methyl sites for hydroxylation is 2. The van der Waals surface area contributed by atoms with Crippen molar-refractivity contribution in [2.75, 3.05) is 0 Å². The maximum atomic E-state index is 13.4. The molecule has 3 nitrogen and oxygen atoms in total. The molecular weight excluding hydrogens is 375 g/mol. The van der Waals surface area contributed by atoms with E-state index in [9.17, 15) is 9.18 Å². The predicted molar refractivity (Wildman–Crippen MR) is 112 cm³/mol. The molecule has 0 saturated carbocycles. The van der Waals surface area contributed by atoms with Gasteiger partial charge in [0.1, 0.15) is 5.82 Å². The first kappa shape index (κ1) is 20.1. The van der Waals surface area contributed by atoms with Crippen molar-refractivity contribution in [3.63, 3.8) is 0 Å². The molecule has 3 aromatic rings. The smallest absolute Gasteiger partial charge is 0.251 e. The lowest BCUT2D eigenvalue weighted by molar-refractivity contribution is 0.0951. The van der Waals surface area contributed by atoms with E-state index in [1.807, 2.05) is 44.2 Å². The minimum atomic E-state index is -0.285. The third-order valence-electron chi connectivity index (χ3n) is 4.67. The third kappa shape index (κ3) is 4.58. The summed E-state index contributed by atoms with van der Waals surface area (Å²) in [5, 5.41) is 3.63. The summed E-state index contributed by atoms with van der Waals surface area (Å²) in [4.78, 5) is 12.7. The van der Waals surface area contributed by atoms with E-state index < -0.39 is 0 Å². The van der Waals surface area contributed by atoms with Crippen molar-refractivity contribution < 1.29 is 9.18 Å². The number of amides is 1. The van der Waals surface area contributed by atoms with Gasteiger partial charge in [0.15, 0.2) is 0 Å². The Labute approximate surface area is 169 Å². The van der Waals surface area contributed by atoms with Crippen molar-refractivity contribution in [1.82, 2.24) is 5.32 Å². The van der Waals surface area contributed by atoms with Crippen LogP contribution in [0.15, 0.2) is 54.6 Å². The van der Waals surface area contributed by atoms with Crippen molar-refractivity contribution in [2.24, 2.45) is 5.73 Å². The van der Waals surface area contributed by atoms with E-state index in [0.29, 0.717) is 23.7 Å². The normalized spacial score (nSPS) is 10.8. The first-order chi connectivity index (χ1) is 13.4. The quantitative estimate of drug-likeness (QED) is 0.626. The zero-order valence-corrected chi connectivity index (χ0v) is 16.6. The van der Waals surface area contributed by atoms with E-state index in [2.05, 4.69) is 5.32 Å². The third-order valence-corrected chi connectivity index (χ3v) is 5.09. The van der Waals surface area contributed by atoms with Gasteiger partial charge in [-0.1, -0.05) is 29.8 Å². The van der Waals surface area contributed by atoms with Crippen molar-refractivity contribution in [1.29, 1.82) is 0 Å². The van der Waals surface area contributed by atoms with Gasteiger partial charge in [-0.05, 0) is 83.6 Å². The van der Waals surface area contributed by atoms with E-state index >= 15 is 0 Å². The number of benzene rings is 3. The standard InChI is InChI=1S/C23H22ClFN2O/c1-14-8-20(25)4-5-21(14)18-9-17(12-26)10-19(11-18)23(28)27-13-16-3-6-22(24)15(2)7-16/h3-11H,12-13,26H2,1-2H3,(H,27,28). The molecule has 0 fully saturated rings. The molecule has 0 aliphatic heterocycles. The molecule has 1 amide bonds. The second-order valence-electron chi connectivity index (χ2n) is 6.85. The highest BCUT2D eigenvalue weighted by Crippen LogP contribution is 2.26. The molecule has 0 unspecified atom stereocenters. The lowest BCUT2D eigenvalue weighted by Gasteiger charge is -2.12. The van der Waals surface area contributed by atoms with Gasteiger partial charge in [0.2, 0.25) is 0 Å². The van der Waals surface area contributed by atoms with Gasteiger partial charge in [-0.25, -0.2) is 4.39 Å². The van der Waals surface area contributed by atoms with Crippen molar-refractivity contribution in [2.45, 2.75) is 26.9 Å². The molecule has 0 heterocycles. The van der Waals surface area contributed by atoms with Gasteiger partial charge < -0.3 is 11.1 Å². The molecule has 0 aliphatic rings. The molecule has 3 rings (SSSR count). The highest BCUT2D eigenvalue weighted by Gasteiger charge is 2.11. The molecule has 0 bridgehead atoms. The van der Waals surface area contributed by atoms with Crippen LogP contribution in [0.25, 0.3) is 11.1 Å². The fourth-order valence-electron chi connectivity index (χ4n) is 3.15. The van der Waals surface area contributed by atoms with Crippen LogP contribution in [-0.4, -0.2) is 5.91 Å². The molecule has 0 spiro atoms. The lowest BCUT2D eigenvalue weighted by atomic mass is 9.96. The van der Waals surface area contributed by atoms with Gasteiger partial charge in [0.25, 0.3) is 5.91 Å². The minimum Gasteiger partial charge on any atom is -0.348 e. The molecular formula is C23H22ClFN2O. The number of carbonyl (C=O) groups is 1. The number of halogens is 2. The minimum absolute atomic E-state index is 0.191. The summed E-state index contributed by atoms with van der Waals surface area (Å²) in [7, 11) is 0. The summed E-state index contributed by atoms with van der Waals surface area (Å²) in [5.74, 6) is -0.476. The maximum Gasteiger partial charge on any atom is 0.251 e. The Balaban J connectivity index is 1.86. The molecule has 0 saturated heterocycles. The van der Waals surface area contributed by atoms with Crippen LogP contribution >= 0.6 is 11.6 Å². The molecule has 3 aromatic carbocycles. The average molecular weight is 397 g/mol. The number of hydrogen-bond acceptors (Lipinski definition) is 2. The molecule has 0 atom stereocenters. The SMILES string of the molecule is Cc1cc(CNC(=O)c2cc(CN)cc(-c3ccc(F)cc3C)c2)ccc1Cl. The molecule has 3 N–H and O–H groups in total. The van der Waals surface area contributed by atoms with Crippen LogP contribution in [0, 0.1) is 19.7 Å². The Morgan fingerprint density at radius 3 is 2.46 bits per heavy atom. The molecule has 0 radical (unpaired) electrons. The van der Waals surface area contributed by atoms with Gasteiger partial charge in [-0.15, -0.1) is 0 Å². The molecule has 28 heavy (non-hydrogen) atoms. The zero-order valence-electron chi connectivity index (χ0n) is 15.9. The average Bonchev–Trinajstić information content (AvgIpc) is 2.68. The van der Waals surface area contributed by atoms with Crippen LogP contribution in [0.4, 0.5) is 4.39 Å². The lowest BCUT2D eigenvalue weighted by Crippen LogP contribution is -2.23. The van der Waals surface area contributed by atoms with E-state index in [1.165, 1.54) is 12.1 Å². The van der Waals surface area contributed by atoms with E-state index in [1.54, 1.807) is 12.1 Å². The van der Waals surface area contributed by atoms with Crippen LogP contribution in [0.5, 0.6) is 0 Å². The van der Waals surface area contributed by atoms with Gasteiger partial charge in [-0.2, -0.15) is 0 Å². The van der Waals surface area contributed by atoms with Crippen molar-refractivity contribution >= 4 is 17.5 Å². The number of hydrogen-bond donors (Lipinski definition) is 2. The van der Waals surface area contributed by atoms with Gasteiger partial charge >= 0.3 is 0 Å². The Morgan fingerprint density at radius 2 is 1.79 bits per heavy atom.